The Bertz CT molecular complexity index is 1110. The molecular weight excluding hydrogens is 370 g/mol. The topological polar surface area (TPSA) is 58.6 Å². The molecule has 0 atom stereocenters. The van der Waals surface area contributed by atoms with Gasteiger partial charge in [-0.3, -0.25) is 4.79 Å². The van der Waals surface area contributed by atoms with Crippen LogP contribution in [-0.2, 0) is 18.6 Å². The second kappa shape index (κ2) is 6.23. The van der Waals surface area contributed by atoms with Crippen LogP contribution in [0.3, 0.4) is 0 Å². The number of fused-ring (bicyclic) bond motifs is 4. The molecule has 0 spiro atoms. The fourth-order valence-corrected chi connectivity index (χ4v) is 6.54. The van der Waals surface area contributed by atoms with Crippen molar-refractivity contribution in [2.45, 2.75) is 35.8 Å². The van der Waals surface area contributed by atoms with E-state index in [0.29, 0.717) is 5.75 Å². The molecular formula is C18H15N3OS3. The summed E-state index contributed by atoms with van der Waals surface area (Å²) in [7, 11) is 0. The van der Waals surface area contributed by atoms with Gasteiger partial charge in [0.05, 0.1) is 21.4 Å². The predicted molar refractivity (Wildman–Crippen MR) is 106 cm³/mol. The zero-order valence-electron chi connectivity index (χ0n) is 13.4. The fraction of sp³-hybridized carbons (Fsp3) is 0.278. The molecule has 5 rings (SSSR count). The van der Waals surface area contributed by atoms with Crippen molar-refractivity contribution in [3.05, 3.63) is 50.9 Å². The maximum Gasteiger partial charge on any atom is 0.259 e. The minimum absolute atomic E-state index is 0.0179. The largest absolute Gasteiger partial charge is 0.309 e. The van der Waals surface area contributed by atoms with Crippen LogP contribution in [0, 0.1) is 0 Å². The lowest BCUT2D eigenvalue weighted by atomic mass is 9.97. The van der Waals surface area contributed by atoms with E-state index in [-0.39, 0.29) is 5.56 Å². The molecule has 3 heterocycles. The van der Waals surface area contributed by atoms with Crippen molar-refractivity contribution in [3.8, 4) is 0 Å². The SMILES string of the molecule is O=c1[nH]c(CSc2nc3ccccc3s2)nc2sc3c(c12)CCCC3. The van der Waals surface area contributed by atoms with E-state index in [1.54, 1.807) is 34.4 Å². The summed E-state index contributed by atoms with van der Waals surface area (Å²) in [5.74, 6) is 1.37. The monoisotopic (exact) mass is 385 g/mol. The van der Waals surface area contributed by atoms with Crippen LogP contribution in [0.5, 0.6) is 0 Å². The van der Waals surface area contributed by atoms with E-state index >= 15 is 0 Å². The highest BCUT2D eigenvalue weighted by Crippen LogP contribution is 2.34. The number of nitrogens with one attached hydrogen (secondary N) is 1. The number of thiazole rings is 1. The van der Waals surface area contributed by atoms with Gasteiger partial charge in [-0.2, -0.15) is 0 Å². The highest BCUT2D eigenvalue weighted by atomic mass is 32.2. The van der Waals surface area contributed by atoms with Crippen molar-refractivity contribution < 1.29 is 0 Å². The van der Waals surface area contributed by atoms with E-state index in [2.05, 4.69) is 16.0 Å². The van der Waals surface area contributed by atoms with Gasteiger partial charge in [0.2, 0.25) is 0 Å². The number of hydrogen-bond donors (Lipinski definition) is 1. The van der Waals surface area contributed by atoms with Crippen LogP contribution in [0.25, 0.3) is 20.4 Å². The standard InChI is InChI=1S/C18H15N3OS3/c22-16-15-10-5-1-3-7-12(10)24-17(15)21-14(20-16)9-23-18-19-11-6-2-4-8-13(11)25-18/h2,4,6,8H,1,3,5,7,9H2,(H,20,21,22). The van der Waals surface area contributed by atoms with Gasteiger partial charge in [-0.15, -0.1) is 22.7 Å². The molecule has 0 radical (unpaired) electrons. The molecule has 0 fully saturated rings. The van der Waals surface area contributed by atoms with Crippen molar-refractivity contribution in [3.63, 3.8) is 0 Å². The van der Waals surface area contributed by atoms with Gasteiger partial charge in [0.15, 0.2) is 4.34 Å². The lowest BCUT2D eigenvalue weighted by Crippen LogP contribution is -2.12. The van der Waals surface area contributed by atoms with Crippen LogP contribution < -0.4 is 5.56 Å². The van der Waals surface area contributed by atoms with Gasteiger partial charge in [0.25, 0.3) is 5.56 Å². The molecule has 3 aromatic heterocycles. The molecule has 126 valence electrons. The molecule has 0 saturated carbocycles. The Morgan fingerprint density at radius 2 is 2.00 bits per heavy atom. The minimum Gasteiger partial charge on any atom is -0.309 e. The van der Waals surface area contributed by atoms with E-state index in [9.17, 15) is 4.79 Å². The highest BCUT2D eigenvalue weighted by molar-refractivity contribution is 8.00. The van der Waals surface area contributed by atoms with Crippen LogP contribution in [0.4, 0.5) is 0 Å². The molecule has 1 aromatic carbocycles. The first-order chi connectivity index (χ1) is 12.3. The van der Waals surface area contributed by atoms with E-state index < -0.39 is 0 Å². The van der Waals surface area contributed by atoms with Crippen LogP contribution >= 0.6 is 34.4 Å². The van der Waals surface area contributed by atoms with Gasteiger partial charge < -0.3 is 4.98 Å². The molecule has 25 heavy (non-hydrogen) atoms. The van der Waals surface area contributed by atoms with E-state index in [1.807, 2.05) is 18.2 Å². The third-order valence-corrected chi connectivity index (χ3v) is 7.86. The number of thiophene rings is 1. The first-order valence-electron chi connectivity index (χ1n) is 8.30. The Morgan fingerprint density at radius 3 is 2.92 bits per heavy atom. The number of hydrogen-bond acceptors (Lipinski definition) is 6. The Morgan fingerprint density at radius 1 is 1.12 bits per heavy atom. The van der Waals surface area contributed by atoms with Crippen molar-refractivity contribution >= 4 is 54.9 Å². The maximum atomic E-state index is 12.6. The van der Waals surface area contributed by atoms with Crippen molar-refractivity contribution in [1.82, 2.24) is 15.0 Å². The average Bonchev–Trinajstić information content (AvgIpc) is 3.20. The first kappa shape index (κ1) is 15.5. The number of aromatic nitrogens is 3. The van der Waals surface area contributed by atoms with Gasteiger partial charge in [-0.05, 0) is 43.4 Å². The summed E-state index contributed by atoms with van der Waals surface area (Å²) in [4.78, 5) is 27.2. The van der Waals surface area contributed by atoms with Crippen LogP contribution in [-0.4, -0.2) is 15.0 Å². The summed E-state index contributed by atoms with van der Waals surface area (Å²) in [5.41, 5.74) is 2.28. The van der Waals surface area contributed by atoms with E-state index in [0.717, 1.165) is 38.7 Å². The quantitative estimate of drug-likeness (QED) is 0.516. The van der Waals surface area contributed by atoms with Gasteiger partial charge >= 0.3 is 0 Å². The summed E-state index contributed by atoms with van der Waals surface area (Å²) >= 11 is 5.01. The van der Waals surface area contributed by atoms with Crippen LogP contribution in [0.1, 0.15) is 29.1 Å². The normalized spacial score (nSPS) is 14.2. The number of H-pyrrole nitrogens is 1. The second-order valence-electron chi connectivity index (χ2n) is 6.14. The molecule has 0 aliphatic heterocycles. The number of aromatic amines is 1. The zero-order chi connectivity index (χ0) is 16.8. The van der Waals surface area contributed by atoms with Gasteiger partial charge in [-0.1, -0.05) is 23.9 Å². The number of nitrogens with zero attached hydrogens (tertiary/aromatic N) is 2. The van der Waals surface area contributed by atoms with E-state index in [4.69, 9.17) is 4.98 Å². The van der Waals surface area contributed by atoms with Gasteiger partial charge in [-0.25, -0.2) is 9.97 Å². The number of para-hydroxylation sites is 1. The molecule has 1 aliphatic carbocycles. The lowest BCUT2D eigenvalue weighted by molar-refractivity contribution is 0.700. The molecule has 4 aromatic rings. The number of benzene rings is 1. The van der Waals surface area contributed by atoms with Crippen molar-refractivity contribution in [2.24, 2.45) is 0 Å². The number of rotatable bonds is 3. The Labute approximate surface area is 156 Å². The smallest absolute Gasteiger partial charge is 0.259 e. The van der Waals surface area contributed by atoms with Crippen LogP contribution in [0.2, 0.25) is 0 Å². The molecule has 0 saturated heterocycles. The van der Waals surface area contributed by atoms with Crippen molar-refractivity contribution in [2.75, 3.05) is 0 Å². The Kier molecular flexibility index (Phi) is 3.87. The maximum absolute atomic E-state index is 12.6. The molecule has 1 aliphatic rings. The number of aryl methyl sites for hydroxylation is 2. The predicted octanol–water partition coefficient (Wildman–Crippen LogP) is 4.77. The first-order valence-corrected chi connectivity index (χ1v) is 10.9. The second-order valence-corrected chi connectivity index (χ2v) is 9.48. The lowest BCUT2D eigenvalue weighted by Gasteiger charge is -2.09. The molecule has 1 N–H and O–H groups in total. The van der Waals surface area contributed by atoms with Crippen LogP contribution in [0.15, 0.2) is 33.4 Å². The Balaban J connectivity index is 1.45. The van der Waals surface area contributed by atoms with E-state index in [1.165, 1.54) is 28.0 Å². The summed E-state index contributed by atoms with van der Waals surface area (Å²) in [6.07, 6.45) is 4.50. The minimum atomic E-state index is 0.0179. The molecule has 7 heteroatoms. The van der Waals surface area contributed by atoms with Gasteiger partial charge in [0, 0.05) is 4.88 Å². The van der Waals surface area contributed by atoms with Gasteiger partial charge in [0.1, 0.15) is 10.7 Å². The van der Waals surface area contributed by atoms with Crippen molar-refractivity contribution in [1.29, 1.82) is 0 Å². The number of thioether (sulfide) groups is 1. The Hall–Kier alpha value is -1.70. The summed E-state index contributed by atoms with van der Waals surface area (Å²) < 4.78 is 2.20. The average molecular weight is 386 g/mol. The molecule has 0 amide bonds. The molecule has 0 bridgehead atoms. The summed E-state index contributed by atoms with van der Waals surface area (Å²) in [6, 6.07) is 8.14. The molecule has 4 nitrogen and oxygen atoms in total. The zero-order valence-corrected chi connectivity index (χ0v) is 15.8. The summed E-state index contributed by atoms with van der Waals surface area (Å²) in [6.45, 7) is 0. The third-order valence-electron chi connectivity index (χ3n) is 4.48. The third kappa shape index (κ3) is 2.80. The summed E-state index contributed by atoms with van der Waals surface area (Å²) in [5, 5.41) is 0.827. The fourth-order valence-electron chi connectivity index (χ4n) is 3.32. The highest BCUT2D eigenvalue weighted by Gasteiger charge is 2.19. The molecule has 0 unspecified atom stereocenters.